The minimum Gasteiger partial charge on any atom is -0.298 e. The molecule has 1 nitrogen and oxygen atoms in total. The van der Waals surface area contributed by atoms with Crippen LogP contribution in [0.15, 0.2) is 28.3 Å². The Bertz CT molecular complexity index is 406. The number of allylic oxidation sites excluding steroid dienone is 2. The Morgan fingerprint density at radius 1 is 1.47 bits per heavy atom. The van der Waals surface area contributed by atoms with Crippen molar-refractivity contribution in [2.45, 2.75) is 20.3 Å². The lowest BCUT2D eigenvalue weighted by Crippen LogP contribution is -1.95. The largest absolute Gasteiger partial charge is 0.298 e. The first-order chi connectivity index (χ1) is 7.04. The average molecular weight is 271 g/mol. The molecule has 1 aromatic carbocycles. The highest BCUT2D eigenvalue weighted by Gasteiger charge is 2.07. The molecule has 0 saturated carbocycles. The van der Waals surface area contributed by atoms with Crippen LogP contribution in [0.1, 0.15) is 29.8 Å². The van der Waals surface area contributed by atoms with E-state index in [-0.39, 0.29) is 0 Å². The quantitative estimate of drug-likeness (QED) is 0.601. The molecule has 0 heterocycles. The van der Waals surface area contributed by atoms with E-state index >= 15 is 0 Å². The van der Waals surface area contributed by atoms with Gasteiger partial charge in [0, 0.05) is 10.0 Å². The molecular formula is C12H12BrFO. The van der Waals surface area contributed by atoms with Crippen molar-refractivity contribution in [3.05, 3.63) is 45.2 Å². The Hall–Kier alpha value is -0.960. The lowest BCUT2D eigenvalue weighted by atomic mass is 10.0. The van der Waals surface area contributed by atoms with E-state index in [2.05, 4.69) is 15.9 Å². The molecule has 0 unspecified atom stereocenters. The van der Waals surface area contributed by atoms with Crippen molar-refractivity contribution in [2.24, 2.45) is 0 Å². The SMILES string of the molecule is CC(C)=CCc1c(Br)cc(F)cc1C=O. The van der Waals surface area contributed by atoms with Crippen molar-refractivity contribution in [3.63, 3.8) is 0 Å². The summed E-state index contributed by atoms with van der Waals surface area (Å²) in [6.07, 6.45) is 3.32. The Labute approximate surface area is 97.1 Å². The highest BCUT2D eigenvalue weighted by Crippen LogP contribution is 2.22. The van der Waals surface area contributed by atoms with Crippen LogP contribution in [0.5, 0.6) is 0 Å². The first-order valence-corrected chi connectivity index (χ1v) is 5.40. The molecule has 0 atom stereocenters. The number of halogens is 2. The smallest absolute Gasteiger partial charge is 0.150 e. The lowest BCUT2D eigenvalue weighted by Gasteiger charge is -2.05. The van der Waals surface area contributed by atoms with Crippen molar-refractivity contribution in [1.82, 2.24) is 0 Å². The summed E-state index contributed by atoms with van der Waals surface area (Å²) in [5.41, 5.74) is 2.40. The van der Waals surface area contributed by atoms with Gasteiger partial charge in [0.1, 0.15) is 12.1 Å². The predicted octanol–water partition coefficient (Wildman–Crippen LogP) is 3.91. The van der Waals surface area contributed by atoms with E-state index in [1.807, 2.05) is 19.9 Å². The van der Waals surface area contributed by atoms with Gasteiger partial charge in [-0.3, -0.25) is 4.79 Å². The van der Waals surface area contributed by atoms with Crippen molar-refractivity contribution in [1.29, 1.82) is 0 Å². The molecule has 0 saturated heterocycles. The summed E-state index contributed by atoms with van der Waals surface area (Å²) >= 11 is 3.26. The van der Waals surface area contributed by atoms with Crippen molar-refractivity contribution < 1.29 is 9.18 Å². The molecule has 0 aromatic heterocycles. The molecule has 0 aliphatic heterocycles. The van der Waals surface area contributed by atoms with Crippen LogP contribution in [-0.4, -0.2) is 6.29 Å². The predicted molar refractivity (Wildman–Crippen MR) is 62.6 cm³/mol. The fourth-order valence-electron chi connectivity index (χ4n) is 1.25. The van der Waals surface area contributed by atoms with Gasteiger partial charge in [-0.2, -0.15) is 0 Å². The monoisotopic (exact) mass is 270 g/mol. The number of benzene rings is 1. The molecular weight excluding hydrogens is 259 g/mol. The van der Waals surface area contributed by atoms with E-state index in [4.69, 9.17) is 0 Å². The van der Waals surface area contributed by atoms with E-state index in [1.54, 1.807) is 0 Å². The third-order valence-corrected chi connectivity index (χ3v) is 2.74. The van der Waals surface area contributed by atoms with E-state index in [0.29, 0.717) is 22.7 Å². The molecule has 0 aliphatic rings. The third kappa shape index (κ3) is 3.27. The summed E-state index contributed by atoms with van der Waals surface area (Å²) < 4.78 is 13.6. The minimum absolute atomic E-state index is 0.398. The fraction of sp³-hybridized carbons (Fsp3) is 0.250. The van der Waals surface area contributed by atoms with Gasteiger partial charge in [0.2, 0.25) is 0 Å². The molecule has 0 N–H and O–H groups in total. The first-order valence-electron chi connectivity index (χ1n) is 4.61. The maximum absolute atomic E-state index is 13.0. The van der Waals surface area contributed by atoms with E-state index in [0.717, 1.165) is 5.56 Å². The molecule has 0 fully saturated rings. The minimum atomic E-state index is -0.398. The van der Waals surface area contributed by atoms with Crippen LogP contribution in [0.2, 0.25) is 0 Å². The van der Waals surface area contributed by atoms with Gasteiger partial charge in [-0.15, -0.1) is 0 Å². The van der Waals surface area contributed by atoms with Crippen LogP contribution in [0.3, 0.4) is 0 Å². The van der Waals surface area contributed by atoms with Gasteiger partial charge in [0.05, 0.1) is 0 Å². The number of carbonyl (C=O) groups is 1. The third-order valence-electron chi connectivity index (χ3n) is 2.04. The maximum Gasteiger partial charge on any atom is 0.150 e. The Kier molecular flexibility index (Phi) is 4.21. The molecule has 80 valence electrons. The average Bonchev–Trinajstić information content (AvgIpc) is 2.14. The highest BCUT2D eigenvalue weighted by molar-refractivity contribution is 9.10. The molecule has 3 heteroatoms. The molecule has 1 rings (SSSR count). The molecule has 0 amide bonds. The summed E-state index contributed by atoms with van der Waals surface area (Å²) in [7, 11) is 0. The van der Waals surface area contributed by atoms with E-state index < -0.39 is 5.82 Å². The molecule has 0 spiro atoms. The topological polar surface area (TPSA) is 17.1 Å². The molecule has 0 bridgehead atoms. The maximum atomic E-state index is 13.0. The Balaban J connectivity index is 3.15. The molecule has 0 radical (unpaired) electrons. The summed E-state index contributed by atoms with van der Waals surface area (Å²) in [6.45, 7) is 3.97. The molecule has 15 heavy (non-hydrogen) atoms. The summed E-state index contributed by atoms with van der Waals surface area (Å²) in [6, 6.07) is 2.63. The summed E-state index contributed by atoms with van der Waals surface area (Å²) in [5.74, 6) is -0.398. The second kappa shape index (κ2) is 5.21. The van der Waals surface area contributed by atoms with Gasteiger partial charge in [0.15, 0.2) is 0 Å². The van der Waals surface area contributed by atoms with Gasteiger partial charge < -0.3 is 0 Å². The number of aldehydes is 1. The van der Waals surface area contributed by atoms with Crippen LogP contribution in [0.25, 0.3) is 0 Å². The van der Waals surface area contributed by atoms with Crippen LogP contribution in [0, 0.1) is 5.82 Å². The lowest BCUT2D eigenvalue weighted by molar-refractivity contribution is 0.112. The van der Waals surface area contributed by atoms with Crippen molar-refractivity contribution in [3.8, 4) is 0 Å². The van der Waals surface area contributed by atoms with Crippen LogP contribution in [0.4, 0.5) is 4.39 Å². The van der Waals surface area contributed by atoms with Crippen LogP contribution >= 0.6 is 15.9 Å². The Morgan fingerprint density at radius 2 is 2.13 bits per heavy atom. The molecule has 0 aliphatic carbocycles. The number of hydrogen-bond acceptors (Lipinski definition) is 1. The summed E-state index contributed by atoms with van der Waals surface area (Å²) in [4.78, 5) is 10.8. The Morgan fingerprint density at radius 3 is 2.67 bits per heavy atom. The van der Waals surface area contributed by atoms with Gasteiger partial charge in [0.25, 0.3) is 0 Å². The standard InChI is InChI=1S/C12H12BrFO/c1-8(2)3-4-11-9(7-15)5-10(14)6-12(11)13/h3,5-7H,4H2,1-2H3. The number of hydrogen-bond donors (Lipinski definition) is 0. The van der Waals surface area contributed by atoms with E-state index in [1.165, 1.54) is 17.7 Å². The van der Waals surface area contributed by atoms with Gasteiger partial charge in [-0.05, 0) is 38.0 Å². The zero-order valence-electron chi connectivity index (χ0n) is 8.68. The first kappa shape index (κ1) is 12.1. The van der Waals surface area contributed by atoms with Crippen molar-refractivity contribution in [2.75, 3.05) is 0 Å². The second-order valence-corrected chi connectivity index (χ2v) is 4.41. The van der Waals surface area contributed by atoms with Crippen LogP contribution < -0.4 is 0 Å². The highest BCUT2D eigenvalue weighted by atomic mass is 79.9. The zero-order chi connectivity index (χ0) is 11.4. The molecule has 1 aromatic rings. The van der Waals surface area contributed by atoms with E-state index in [9.17, 15) is 9.18 Å². The van der Waals surface area contributed by atoms with Gasteiger partial charge in [-0.1, -0.05) is 27.6 Å². The zero-order valence-corrected chi connectivity index (χ0v) is 10.3. The van der Waals surface area contributed by atoms with Crippen molar-refractivity contribution >= 4 is 22.2 Å². The van der Waals surface area contributed by atoms with Gasteiger partial charge >= 0.3 is 0 Å². The second-order valence-electron chi connectivity index (χ2n) is 3.56. The number of carbonyl (C=O) groups excluding carboxylic acids is 1. The normalized spacial score (nSPS) is 9.87. The van der Waals surface area contributed by atoms with Gasteiger partial charge in [-0.25, -0.2) is 4.39 Å². The van der Waals surface area contributed by atoms with Crippen LogP contribution in [-0.2, 0) is 6.42 Å². The summed E-state index contributed by atoms with van der Waals surface area (Å²) in [5, 5.41) is 0. The fourth-order valence-corrected chi connectivity index (χ4v) is 1.86. The number of rotatable bonds is 3.